The molecule has 0 aromatic heterocycles. The predicted octanol–water partition coefficient (Wildman–Crippen LogP) is 1.58. The van der Waals surface area contributed by atoms with Crippen molar-refractivity contribution in [1.29, 1.82) is 0 Å². The van der Waals surface area contributed by atoms with E-state index in [9.17, 15) is 18.0 Å². The van der Waals surface area contributed by atoms with E-state index in [2.05, 4.69) is 5.32 Å². The molecular weight excluding hydrogens is 384 g/mol. The first-order valence-corrected chi connectivity index (χ1v) is 10.7. The lowest BCUT2D eigenvalue weighted by molar-refractivity contribution is -0.144. The van der Waals surface area contributed by atoms with Crippen LogP contribution in [0.4, 0.5) is 4.79 Å². The van der Waals surface area contributed by atoms with E-state index < -0.39 is 39.4 Å². The van der Waals surface area contributed by atoms with E-state index in [0.717, 1.165) is 5.56 Å². The highest BCUT2D eigenvalue weighted by atomic mass is 32.2. The molecular formula is C19H24N2O6S. The summed E-state index contributed by atoms with van der Waals surface area (Å²) in [5.74, 6) is -0.540. The van der Waals surface area contributed by atoms with E-state index in [1.807, 2.05) is 30.3 Å². The standard InChI is InChI=1S/C19H24N2O6S/c1-26-18(22)17-8-5-11-21(17)28(24,25)16-10-9-15(12-16)20-19(23)27-13-14-6-3-2-4-7-14/h2-4,6-7,9-10,15-17H,5,8,11-13H2,1H3,(H,20,23)/t15?,16?,17-/m0/s1. The zero-order valence-electron chi connectivity index (χ0n) is 15.6. The molecule has 0 radical (unpaired) electrons. The Morgan fingerprint density at radius 3 is 2.68 bits per heavy atom. The number of ether oxygens (including phenoxy) is 2. The largest absolute Gasteiger partial charge is 0.468 e. The molecule has 1 N–H and O–H groups in total. The van der Waals surface area contributed by atoms with E-state index >= 15 is 0 Å². The highest BCUT2D eigenvalue weighted by Gasteiger charge is 2.44. The Bertz CT molecular complexity index is 839. The quantitative estimate of drug-likeness (QED) is 0.566. The van der Waals surface area contributed by atoms with Gasteiger partial charge in [0.15, 0.2) is 0 Å². The Balaban J connectivity index is 1.54. The Kier molecular flexibility index (Phi) is 6.35. The molecule has 2 aliphatic rings. The molecule has 1 aliphatic heterocycles. The van der Waals surface area contributed by atoms with Gasteiger partial charge in [-0.05, 0) is 24.8 Å². The second kappa shape index (κ2) is 8.74. The molecule has 3 rings (SSSR count). The third-order valence-corrected chi connectivity index (χ3v) is 7.15. The maximum Gasteiger partial charge on any atom is 0.407 e. The lowest BCUT2D eigenvalue weighted by atomic mass is 10.2. The van der Waals surface area contributed by atoms with Crippen LogP contribution in [-0.4, -0.2) is 55.8 Å². The molecule has 0 saturated carbocycles. The Morgan fingerprint density at radius 2 is 1.96 bits per heavy atom. The van der Waals surface area contributed by atoms with Crippen LogP contribution in [0.2, 0.25) is 0 Å². The van der Waals surface area contributed by atoms with Crippen LogP contribution in [0.15, 0.2) is 42.5 Å². The van der Waals surface area contributed by atoms with Crippen molar-refractivity contribution in [2.75, 3.05) is 13.7 Å². The van der Waals surface area contributed by atoms with Gasteiger partial charge < -0.3 is 14.8 Å². The number of carbonyl (C=O) groups excluding carboxylic acids is 2. The molecule has 1 aliphatic carbocycles. The SMILES string of the molecule is COC(=O)[C@@H]1CCCN1S(=O)(=O)C1C=CC(NC(=O)OCc2ccccc2)C1. The average Bonchev–Trinajstić information content (AvgIpc) is 3.37. The molecule has 2 unspecified atom stereocenters. The molecule has 1 amide bonds. The summed E-state index contributed by atoms with van der Waals surface area (Å²) < 4.78 is 37.0. The molecule has 152 valence electrons. The molecule has 1 aromatic carbocycles. The molecule has 0 bridgehead atoms. The first-order chi connectivity index (χ1) is 13.4. The molecule has 1 aromatic rings. The number of nitrogens with one attached hydrogen (secondary N) is 1. The first kappa shape index (κ1) is 20.3. The van der Waals surface area contributed by atoms with Gasteiger partial charge in [-0.3, -0.25) is 4.79 Å². The summed E-state index contributed by atoms with van der Waals surface area (Å²) in [7, 11) is -2.46. The van der Waals surface area contributed by atoms with Crippen LogP contribution >= 0.6 is 0 Å². The van der Waals surface area contributed by atoms with Gasteiger partial charge in [0.05, 0.1) is 18.4 Å². The van der Waals surface area contributed by atoms with Crippen molar-refractivity contribution >= 4 is 22.1 Å². The predicted molar refractivity (Wildman–Crippen MR) is 102 cm³/mol. The molecule has 1 fully saturated rings. The summed E-state index contributed by atoms with van der Waals surface area (Å²) in [6.45, 7) is 0.434. The van der Waals surface area contributed by atoms with E-state index in [-0.39, 0.29) is 13.0 Å². The summed E-state index contributed by atoms with van der Waals surface area (Å²) >= 11 is 0. The number of benzene rings is 1. The minimum atomic E-state index is -3.71. The monoisotopic (exact) mass is 408 g/mol. The van der Waals surface area contributed by atoms with Crippen molar-refractivity contribution in [3.63, 3.8) is 0 Å². The molecule has 0 spiro atoms. The van der Waals surface area contributed by atoms with Crippen LogP contribution < -0.4 is 5.32 Å². The van der Waals surface area contributed by atoms with Crippen molar-refractivity contribution < 1.29 is 27.5 Å². The average molecular weight is 408 g/mol. The van der Waals surface area contributed by atoms with Gasteiger partial charge in [-0.15, -0.1) is 0 Å². The van der Waals surface area contributed by atoms with E-state index in [1.54, 1.807) is 12.2 Å². The molecule has 1 heterocycles. The Hall–Kier alpha value is -2.39. The number of hydrogen-bond donors (Lipinski definition) is 1. The normalized spacial score (nSPS) is 24.8. The minimum absolute atomic E-state index is 0.138. The fourth-order valence-electron chi connectivity index (χ4n) is 3.50. The fraction of sp³-hybridized carbons (Fsp3) is 0.474. The van der Waals surface area contributed by atoms with Crippen molar-refractivity contribution in [2.45, 2.75) is 43.2 Å². The van der Waals surface area contributed by atoms with Crippen LogP contribution in [-0.2, 0) is 30.9 Å². The van der Waals surface area contributed by atoms with Gasteiger partial charge >= 0.3 is 12.1 Å². The summed E-state index contributed by atoms with van der Waals surface area (Å²) in [6, 6.07) is 8.06. The van der Waals surface area contributed by atoms with E-state index in [1.165, 1.54) is 11.4 Å². The van der Waals surface area contributed by atoms with Crippen LogP contribution in [0.3, 0.4) is 0 Å². The molecule has 8 nitrogen and oxygen atoms in total. The number of hydrogen-bond acceptors (Lipinski definition) is 6. The maximum absolute atomic E-state index is 12.9. The van der Waals surface area contributed by atoms with Gasteiger partial charge in [0.2, 0.25) is 10.0 Å². The number of methoxy groups -OCH3 is 1. The molecule has 3 atom stereocenters. The van der Waals surface area contributed by atoms with E-state index in [0.29, 0.717) is 19.4 Å². The van der Waals surface area contributed by atoms with Crippen molar-refractivity contribution in [3.05, 3.63) is 48.0 Å². The summed E-state index contributed by atoms with van der Waals surface area (Å²) in [5.41, 5.74) is 0.864. The number of alkyl carbamates (subject to hydrolysis) is 1. The lowest BCUT2D eigenvalue weighted by Gasteiger charge is -2.25. The fourth-order valence-corrected chi connectivity index (χ4v) is 5.52. The van der Waals surface area contributed by atoms with E-state index in [4.69, 9.17) is 9.47 Å². The number of amides is 1. The minimum Gasteiger partial charge on any atom is -0.468 e. The zero-order valence-corrected chi connectivity index (χ0v) is 16.4. The second-order valence-corrected chi connectivity index (χ2v) is 8.91. The van der Waals surface area contributed by atoms with Crippen LogP contribution in [0.1, 0.15) is 24.8 Å². The molecule has 9 heteroatoms. The molecule has 1 saturated heterocycles. The van der Waals surface area contributed by atoms with Gasteiger partial charge in [0, 0.05) is 6.54 Å². The number of sulfonamides is 1. The highest BCUT2D eigenvalue weighted by molar-refractivity contribution is 7.90. The Labute approximate surface area is 164 Å². The van der Waals surface area contributed by atoms with Crippen LogP contribution in [0.25, 0.3) is 0 Å². The van der Waals surface area contributed by atoms with Gasteiger partial charge in [-0.2, -0.15) is 4.31 Å². The number of rotatable bonds is 6. The Morgan fingerprint density at radius 1 is 1.21 bits per heavy atom. The van der Waals surface area contributed by atoms with Crippen molar-refractivity contribution in [2.24, 2.45) is 0 Å². The van der Waals surface area contributed by atoms with Crippen molar-refractivity contribution in [3.8, 4) is 0 Å². The number of nitrogens with zero attached hydrogens (tertiary/aromatic N) is 1. The van der Waals surface area contributed by atoms with Crippen LogP contribution in [0, 0.1) is 0 Å². The third-order valence-electron chi connectivity index (χ3n) is 4.95. The number of esters is 1. The van der Waals surface area contributed by atoms with Crippen molar-refractivity contribution in [1.82, 2.24) is 9.62 Å². The summed E-state index contributed by atoms with van der Waals surface area (Å²) in [5, 5.41) is 1.87. The lowest BCUT2D eigenvalue weighted by Crippen LogP contribution is -2.45. The topological polar surface area (TPSA) is 102 Å². The first-order valence-electron chi connectivity index (χ1n) is 9.16. The number of carbonyl (C=O) groups is 2. The van der Waals surface area contributed by atoms with Crippen LogP contribution in [0.5, 0.6) is 0 Å². The van der Waals surface area contributed by atoms with Gasteiger partial charge in [-0.1, -0.05) is 42.5 Å². The second-order valence-electron chi connectivity index (χ2n) is 6.81. The zero-order chi connectivity index (χ0) is 20.1. The van der Waals surface area contributed by atoms with Gasteiger partial charge in [0.1, 0.15) is 12.6 Å². The van der Waals surface area contributed by atoms with Gasteiger partial charge in [0.25, 0.3) is 0 Å². The smallest absolute Gasteiger partial charge is 0.407 e. The summed E-state index contributed by atoms with van der Waals surface area (Å²) in [4.78, 5) is 23.8. The third kappa shape index (κ3) is 4.53. The summed E-state index contributed by atoms with van der Waals surface area (Å²) in [6.07, 6.45) is 3.87. The maximum atomic E-state index is 12.9. The van der Waals surface area contributed by atoms with Gasteiger partial charge in [-0.25, -0.2) is 13.2 Å². The highest BCUT2D eigenvalue weighted by Crippen LogP contribution is 2.29. The molecule has 28 heavy (non-hydrogen) atoms.